The van der Waals surface area contributed by atoms with Crippen molar-refractivity contribution in [1.82, 2.24) is 24.8 Å². The molecule has 0 atom stereocenters. The van der Waals surface area contributed by atoms with Gasteiger partial charge in [0, 0.05) is 57.8 Å². The Morgan fingerprint density at radius 2 is 1.89 bits per heavy atom. The number of aromatic nitrogens is 3. The summed E-state index contributed by atoms with van der Waals surface area (Å²) in [5.41, 5.74) is 1.22. The maximum atomic E-state index is 11.5. The van der Waals surface area contributed by atoms with Crippen LogP contribution >= 0.6 is 11.6 Å². The minimum atomic E-state index is -0.0730. The van der Waals surface area contributed by atoms with Crippen molar-refractivity contribution in [3.63, 3.8) is 0 Å². The van der Waals surface area contributed by atoms with Crippen molar-refractivity contribution in [3.05, 3.63) is 35.9 Å². The van der Waals surface area contributed by atoms with Crippen LogP contribution in [0.2, 0.25) is 5.15 Å². The number of hydrogen-bond donors (Lipinski definition) is 1. The summed E-state index contributed by atoms with van der Waals surface area (Å²) in [7, 11) is 1.57. The zero-order valence-corrected chi connectivity index (χ0v) is 21.7. The number of piperazine rings is 1. The van der Waals surface area contributed by atoms with Crippen LogP contribution in [-0.4, -0.2) is 83.2 Å². The number of nitrogens with zero attached hydrogens (tertiary/aromatic N) is 5. The monoisotopic (exact) mass is 514 g/mol. The minimum Gasteiger partial charge on any atom is -0.495 e. The van der Waals surface area contributed by atoms with Gasteiger partial charge in [-0.15, -0.1) is 0 Å². The molecule has 10 nitrogen and oxygen atoms in total. The number of carbonyl (C=O) groups is 1. The lowest BCUT2D eigenvalue weighted by molar-refractivity contribution is -0.130. The summed E-state index contributed by atoms with van der Waals surface area (Å²) < 4.78 is 17.5. The van der Waals surface area contributed by atoms with Gasteiger partial charge >= 0.3 is 0 Å². The molecule has 0 aliphatic carbocycles. The molecule has 0 saturated carbocycles. The first-order valence-corrected chi connectivity index (χ1v) is 12.2. The van der Waals surface area contributed by atoms with Gasteiger partial charge in [0.05, 0.1) is 36.0 Å². The molecule has 1 N–H and O–H groups in total. The molecule has 192 valence electrons. The molecule has 1 amide bonds. The summed E-state index contributed by atoms with van der Waals surface area (Å²) in [5.74, 6) is 2.48. The van der Waals surface area contributed by atoms with Gasteiger partial charge in [-0.25, -0.2) is 15.0 Å². The molecule has 3 heterocycles. The number of fused-ring (bicyclic) bond motifs is 1. The fourth-order valence-electron chi connectivity index (χ4n) is 3.99. The summed E-state index contributed by atoms with van der Waals surface area (Å²) >= 11 is 6.30. The summed E-state index contributed by atoms with van der Waals surface area (Å²) in [6, 6.07) is 5.48. The van der Waals surface area contributed by atoms with E-state index in [0.717, 1.165) is 32.7 Å². The normalized spacial score (nSPS) is 14.2. The first-order valence-electron chi connectivity index (χ1n) is 11.9. The molecule has 0 unspecified atom stereocenters. The molecule has 2 aromatic heterocycles. The maximum absolute atomic E-state index is 11.5. The number of halogens is 1. The fraction of sp³-hybridized carbons (Fsp3) is 0.440. The van der Waals surface area contributed by atoms with E-state index < -0.39 is 0 Å². The number of rotatable bonds is 9. The zero-order valence-electron chi connectivity index (χ0n) is 21.0. The van der Waals surface area contributed by atoms with E-state index in [2.05, 4.69) is 25.2 Å². The van der Waals surface area contributed by atoms with Crippen LogP contribution in [0.1, 0.15) is 20.8 Å². The van der Waals surface area contributed by atoms with E-state index in [1.165, 1.54) is 6.33 Å². The van der Waals surface area contributed by atoms with E-state index in [1.54, 1.807) is 26.3 Å². The van der Waals surface area contributed by atoms with Gasteiger partial charge in [0.1, 0.15) is 36.0 Å². The number of carbonyl (C=O) groups excluding carboxylic acids is 1. The molecule has 1 saturated heterocycles. The highest BCUT2D eigenvalue weighted by Crippen LogP contribution is 2.37. The van der Waals surface area contributed by atoms with E-state index in [9.17, 15) is 4.79 Å². The average Bonchev–Trinajstić information content (AvgIpc) is 2.85. The number of anilines is 2. The topological polar surface area (TPSA) is 102 Å². The van der Waals surface area contributed by atoms with Crippen molar-refractivity contribution in [2.75, 3.05) is 51.8 Å². The van der Waals surface area contributed by atoms with Crippen LogP contribution in [0.4, 0.5) is 11.5 Å². The van der Waals surface area contributed by atoms with Crippen LogP contribution in [0.25, 0.3) is 10.9 Å². The van der Waals surface area contributed by atoms with Crippen molar-refractivity contribution in [3.8, 4) is 17.2 Å². The molecule has 0 bridgehead atoms. The minimum absolute atomic E-state index is 0.0730. The Labute approximate surface area is 215 Å². The number of methoxy groups -OCH3 is 1. The smallest absolute Gasteiger partial charge is 0.219 e. The number of amides is 1. The fourth-order valence-corrected chi connectivity index (χ4v) is 4.14. The molecule has 0 spiro atoms. The highest BCUT2D eigenvalue weighted by Gasteiger charge is 2.19. The molecule has 0 radical (unpaired) electrons. The van der Waals surface area contributed by atoms with Crippen molar-refractivity contribution in [1.29, 1.82) is 0 Å². The van der Waals surface area contributed by atoms with Crippen molar-refractivity contribution < 1.29 is 19.0 Å². The lowest BCUT2D eigenvalue weighted by Gasteiger charge is -2.34. The van der Waals surface area contributed by atoms with E-state index >= 15 is 0 Å². The molecule has 1 aromatic carbocycles. The number of ether oxygens (including phenoxy) is 3. The third-order valence-corrected chi connectivity index (χ3v) is 6.14. The van der Waals surface area contributed by atoms with Crippen molar-refractivity contribution >= 4 is 39.9 Å². The van der Waals surface area contributed by atoms with Crippen molar-refractivity contribution in [2.24, 2.45) is 0 Å². The second-order valence-corrected chi connectivity index (χ2v) is 9.10. The highest BCUT2D eigenvalue weighted by molar-refractivity contribution is 6.32. The van der Waals surface area contributed by atoms with Gasteiger partial charge in [-0.2, -0.15) is 0 Å². The number of nitrogens with one attached hydrogen (secondary N) is 1. The second kappa shape index (κ2) is 11.6. The molecule has 3 aromatic rings. The average molecular weight is 515 g/mol. The summed E-state index contributed by atoms with van der Waals surface area (Å²) in [6.45, 7) is 9.98. The Morgan fingerprint density at radius 3 is 2.58 bits per heavy atom. The predicted molar refractivity (Wildman–Crippen MR) is 139 cm³/mol. The first-order chi connectivity index (χ1) is 17.3. The van der Waals surface area contributed by atoms with E-state index in [0.29, 0.717) is 46.3 Å². The van der Waals surface area contributed by atoms with Gasteiger partial charge in [0.25, 0.3) is 0 Å². The third kappa shape index (κ3) is 6.24. The predicted octanol–water partition coefficient (Wildman–Crippen LogP) is 3.76. The van der Waals surface area contributed by atoms with Gasteiger partial charge in [-0.1, -0.05) is 11.6 Å². The van der Waals surface area contributed by atoms with Crippen LogP contribution in [0.15, 0.2) is 30.7 Å². The Kier molecular flexibility index (Phi) is 8.27. The highest BCUT2D eigenvalue weighted by atomic mass is 35.5. The maximum Gasteiger partial charge on any atom is 0.219 e. The molecule has 4 rings (SSSR count). The Morgan fingerprint density at radius 1 is 1.11 bits per heavy atom. The summed E-state index contributed by atoms with van der Waals surface area (Å²) in [5, 5.41) is 4.24. The van der Waals surface area contributed by atoms with Gasteiger partial charge in [0.2, 0.25) is 5.91 Å². The molecule has 36 heavy (non-hydrogen) atoms. The quantitative estimate of drug-likeness (QED) is 0.427. The summed E-state index contributed by atoms with van der Waals surface area (Å²) in [6.07, 6.45) is 2.95. The standard InChI is InChI=1S/C25H31ClN6O4/c1-16(2)36-22-13-18(35-10-9-31-5-7-32(8-6-31)17(3)33)11-20-23(22)25(29-15-28-20)30-21-12-19(34-4)14-27-24(21)26/h11-16H,5-10H2,1-4H3,(H,28,29,30). The lowest BCUT2D eigenvalue weighted by Crippen LogP contribution is -2.48. The van der Waals surface area contributed by atoms with Crippen LogP contribution in [0, 0.1) is 0 Å². The number of benzene rings is 1. The lowest BCUT2D eigenvalue weighted by atomic mass is 10.2. The molecule has 1 fully saturated rings. The van der Waals surface area contributed by atoms with Gasteiger partial charge in [-0.3, -0.25) is 9.69 Å². The van der Waals surface area contributed by atoms with Gasteiger partial charge in [-0.05, 0) is 13.8 Å². The Balaban J connectivity index is 1.54. The molecular weight excluding hydrogens is 484 g/mol. The largest absolute Gasteiger partial charge is 0.495 e. The van der Waals surface area contributed by atoms with Crippen LogP contribution in [0.5, 0.6) is 17.2 Å². The first kappa shape index (κ1) is 25.7. The van der Waals surface area contributed by atoms with Gasteiger partial charge in [0.15, 0.2) is 5.15 Å². The SMILES string of the molecule is COc1cnc(Cl)c(Nc2ncnc3cc(OCCN4CCN(C(C)=O)CC4)cc(OC(C)C)c23)c1. The molecule has 1 aliphatic heterocycles. The van der Waals surface area contributed by atoms with E-state index in [-0.39, 0.29) is 17.2 Å². The number of hydrogen-bond acceptors (Lipinski definition) is 9. The Bertz CT molecular complexity index is 1220. The summed E-state index contributed by atoms with van der Waals surface area (Å²) in [4.78, 5) is 28.7. The van der Waals surface area contributed by atoms with Crippen LogP contribution in [0.3, 0.4) is 0 Å². The third-order valence-electron chi connectivity index (χ3n) is 5.83. The number of pyridine rings is 1. The van der Waals surface area contributed by atoms with Crippen molar-refractivity contribution in [2.45, 2.75) is 26.9 Å². The van der Waals surface area contributed by atoms with Gasteiger partial charge < -0.3 is 24.4 Å². The van der Waals surface area contributed by atoms with Crippen LogP contribution in [-0.2, 0) is 4.79 Å². The Hall–Kier alpha value is -3.37. The zero-order chi connectivity index (χ0) is 25.7. The molecule has 1 aliphatic rings. The molecular formula is C25H31ClN6O4. The van der Waals surface area contributed by atoms with Crippen LogP contribution < -0.4 is 19.5 Å². The molecule has 11 heteroatoms. The van der Waals surface area contributed by atoms with E-state index in [4.69, 9.17) is 25.8 Å². The van der Waals surface area contributed by atoms with E-state index in [1.807, 2.05) is 30.9 Å². The second-order valence-electron chi connectivity index (χ2n) is 8.74.